The number of aromatic nitrogens is 1. The van der Waals surface area contributed by atoms with Crippen LogP contribution in [-0.4, -0.2) is 16.1 Å². The van der Waals surface area contributed by atoms with E-state index < -0.39 is 5.97 Å². The normalized spacial score (nSPS) is 10.9. The van der Waals surface area contributed by atoms with E-state index in [1.54, 1.807) is 12.1 Å². The second-order valence-electron chi connectivity index (χ2n) is 5.75. The summed E-state index contributed by atoms with van der Waals surface area (Å²) < 4.78 is 0. The number of carboxylic acids is 1. The van der Waals surface area contributed by atoms with E-state index in [1.807, 2.05) is 44.2 Å². The Morgan fingerprint density at radius 1 is 1.08 bits per heavy atom. The Morgan fingerprint density at radius 3 is 2.38 bits per heavy atom. The summed E-state index contributed by atoms with van der Waals surface area (Å²) in [5.41, 5.74) is 3.54. The maximum absolute atomic E-state index is 13.0. The molecule has 0 aliphatic carbocycles. The minimum absolute atomic E-state index is 0.0945. The standard InChI is InChI=1S/C20H19NO3/c1-3-12-10-15-18(16(11-12)20(23)24)21-17(14(4-2)19(15)22)13-8-6-5-7-9-13/h5-11H,3-4H2,1-2H3,(H,21,22)(H,23,24). The molecule has 0 fully saturated rings. The van der Waals surface area contributed by atoms with Crippen LogP contribution in [0.1, 0.15) is 35.3 Å². The molecule has 0 atom stereocenters. The number of pyridine rings is 1. The van der Waals surface area contributed by atoms with E-state index in [1.165, 1.54) is 0 Å². The second-order valence-corrected chi connectivity index (χ2v) is 5.75. The number of hydrogen-bond acceptors (Lipinski definition) is 2. The lowest BCUT2D eigenvalue weighted by Gasteiger charge is -2.13. The molecule has 0 saturated carbocycles. The van der Waals surface area contributed by atoms with Gasteiger partial charge in [0, 0.05) is 10.9 Å². The molecule has 24 heavy (non-hydrogen) atoms. The van der Waals surface area contributed by atoms with Gasteiger partial charge in [-0.3, -0.25) is 4.79 Å². The number of aromatic amines is 1. The molecule has 4 heteroatoms. The van der Waals surface area contributed by atoms with E-state index in [0.717, 1.165) is 11.1 Å². The largest absolute Gasteiger partial charge is 0.478 e. The van der Waals surface area contributed by atoms with E-state index in [4.69, 9.17) is 0 Å². The highest BCUT2D eigenvalue weighted by atomic mass is 16.4. The van der Waals surface area contributed by atoms with Crippen molar-refractivity contribution in [3.63, 3.8) is 0 Å². The van der Waals surface area contributed by atoms with Gasteiger partial charge < -0.3 is 10.1 Å². The molecular formula is C20H19NO3. The summed E-state index contributed by atoms with van der Waals surface area (Å²) in [5, 5.41) is 10.0. The zero-order valence-electron chi connectivity index (χ0n) is 13.7. The first kappa shape index (κ1) is 16.0. The zero-order chi connectivity index (χ0) is 17.3. The maximum atomic E-state index is 13.0. The summed E-state index contributed by atoms with van der Waals surface area (Å²) in [7, 11) is 0. The summed E-state index contributed by atoms with van der Waals surface area (Å²) >= 11 is 0. The van der Waals surface area contributed by atoms with Crippen LogP contribution < -0.4 is 5.43 Å². The van der Waals surface area contributed by atoms with Crippen LogP contribution >= 0.6 is 0 Å². The van der Waals surface area contributed by atoms with Crippen LogP contribution in [0.4, 0.5) is 0 Å². The minimum atomic E-state index is -1.03. The summed E-state index contributed by atoms with van der Waals surface area (Å²) in [6.45, 7) is 3.88. The molecule has 4 nitrogen and oxygen atoms in total. The van der Waals surface area contributed by atoms with Crippen molar-refractivity contribution in [1.29, 1.82) is 0 Å². The number of aromatic carboxylic acids is 1. The van der Waals surface area contributed by atoms with E-state index in [2.05, 4.69) is 4.98 Å². The van der Waals surface area contributed by atoms with E-state index in [0.29, 0.717) is 35.0 Å². The third kappa shape index (κ3) is 2.60. The van der Waals surface area contributed by atoms with Gasteiger partial charge in [-0.25, -0.2) is 4.79 Å². The highest BCUT2D eigenvalue weighted by molar-refractivity contribution is 6.03. The van der Waals surface area contributed by atoms with Crippen molar-refractivity contribution in [2.75, 3.05) is 0 Å². The Bertz CT molecular complexity index is 972. The van der Waals surface area contributed by atoms with Crippen LogP contribution in [0, 0.1) is 0 Å². The predicted molar refractivity (Wildman–Crippen MR) is 95.7 cm³/mol. The number of benzene rings is 2. The van der Waals surface area contributed by atoms with Crippen molar-refractivity contribution in [1.82, 2.24) is 4.98 Å². The SMILES string of the molecule is CCc1cc(C(=O)O)c2[nH]c(-c3ccccc3)c(CC)c(=O)c2c1. The number of rotatable bonds is 4. The molecule has 3 rings (SSSR count). The highest BCUT2D eigenvalue weighted by Gasteiger charge is 2.18. The van der Waals surface area contributed by atoms with Crippen LogP contribution in [0.2, 0.25) is 0 Å². The van der Waals surface area contributed by atoms with Gasteiger partial charge in [0.1, 0.15) is 0 Å². The third-order valence-corrected chi connectivity index (χ3v) is 4.32. The molecule has 1 aromatic heterocycles. The van der Waals surface area contributed by atoms with Crippen molar-refractivity contribution in [3.05, 3.63) is 69.4 Å². The monoisotopic (exact) mass is 321 g/mol. The molecule has 1 heterocycles. The number of carbonyl (C=O) groups is 1. The van der Waals surface area contributed by atoms with Gasteiger partial charge >= 0.3 is 5.97 Å². The lowest BCUT2D eigenvalue weighted by atomic mass is 9.97. The Hall–Kier alpha value is -2.88. The lowest BCUT2D eigenvalue weighted by Crippen LogP contribution is -2.15. The predicted octanol–water partition coefficient (Wildman–Crippen LogP) is 4.02. The van der Waals surface area contributed by atoms with Gasteiger partial charge in [-0.1, -0.05) is 44.2 Å². The van der Waals surface area contributed by atoms with Crippen LogP contribution in [0.3, 0.4) is 0 Å². The summed E-state index contributed by atoms with van der Waals surface area (Å²) in [6, 6.07) is 13.0. The molecular weight excluding hydrogens is 302 g/mol. The molecule has 122 valence electrons. The molecule has 3 aromatic rings. The van der Waals surface area contributed by atoms with Crippen molar-refractivity contribution < 1.29 is 9.90 Å². The maximum Gasteiger partial charge on any atom is 0.337 e. The van der Waals surface area contributed by atoms with Crippen LogP contribution in [0.25, 0.3) is 22.2 Å². The first-order valence-corrected chi connectivity index (χ1v) is 8.07. The molecule has 0 aliphatic rings. The van der Waals surface area contributed by atoms with Crippen LogP contribution in [0.15, 0.2) is 47.3 Å². The second kappa shape index (κ2) is 6.32. The summed E-state index contributed by atoms with van der Waals surface area (Å²) in [5.74, 6) is -1.03. The molecule has 2 N–H and O–H groups in total. The summed E-state index contributed by atoms with van der Waals surface area (Å²) in [4.78, 5) is 27.9. The van der Waals surface area contributed by atoms with Crippen molar-refractivity contribution >= 4 is 16.9 Å². The molecule has 2 aromatic carbocycles. The number of nitrogens with one attached hydrogen (secondary N) is 1. The first-order valence-electron chi connectivity index (χ1n) is 8.07. The number of hydrogen-bond donors (Lipinski definition) is 2. The molecule has 0 amide bonds. The minimum Gasteiger partial charge on any atom is -0.478 e. The van der Waals surface area contributed by atoms with Crippen molar-refractivity contribution in [2.45, 2.75) is 26.7 Å². The first-order chi connectivity index (χ1) is 11.6. The fourth-order valence-corrected chi connectivity index (χ4v) is 3.05. The lowest BCUT2D eigenvalue weighted by molar-refractivity contribution is 0.0698. The van der Waals surface area contributed by atoms with Gasteiger partial charge in [-0.15, -0.1) is 0 Å². The van der Waals surface area contributed by atoms with E-state index >= 15 is 0 Å². The number of fused-ring (bicyclic) bond motifs is 1. The Morgan fingerprint density at radius 2 is 1.79 bits per heavy atom. The molecule has 0 bridgehead atoms. The van der Waals surface area contributed by atoms with Gasteiger partial charge in [0.15, 0.2) is 5.43 Å². The fourth-order valence-electron chi connectivity index (χ4n) is 3.05. The fraction of sp³-hybridized carbons (Fsp3) is 0.200. The van der Waals surface area contributed by atoms with Gasteiger partial charge in [0.05, 0.1) is 16.8 Å². The third-order valence-electron chi connectivity index (χ3n) is 4.32. The quantitative estimate of drug-likeness (QED) is 0.762. The molecule has 0 aliphatic heterocycles. The number of aryl methyl sites for hydroxylation is 1. The molecule has 0 spiro atoms. The van der Waals surface area contributed by atoms with Crippen molar-refractivity contribution in [2.24, 2.45) is 0 Å². The number of carboxylic acid groups (broad SMARTS) is 1. The molecule has 0 saturated heterocycles. The Labute approximate surface area is 139 Å². The summed E-state index contributed by atoms with van der Waals surface area (Å²) in [6.07, 6.45) is 1.26. The van der Waals surface area contributed by atoms with Crippen molar-refractivity contribution in [3.8, 4) is 11.3 Å². The van der Waals surface area contributed by atoms with Crippen LogP contribution in [-0.2, 0) is 12.8 Å². The van der Waals surface area contributed by atoms with Gasteiger partial charge in [-0.05, 0) is 36.1 Å². The average Bonchev–Trinajstić information content (AvgIpc) is 2.61. The molecule has 0 unspecified atom stereocenters. The van der Waals surface area contributed by atoms with E-state index in [-0.39, 0.29) is 11.0 Å². The zero-order valence-corrected chi connectivity index (χ0v) is 13.7. The number of H-pyrrole nitrogens is 1. The topological polar surface area (TPSA) is 70.2 Å². The van der Waals surface area contributed by atoms with Crippen LogP contribution in [0.5, 0.6) is 0 Å². The van der Waals surface area contributed by atoms with E-state index in [9.17, 15) is 14.7 Å². The van der Waals surface area contributed by atoms with Gasteiger partial charge in [-0.2, -0.15) is 0 Å². The smallest absolute Gasteiger partial charge is 0.337 e. The average molecular weight is 321 g/mol. The Kier molecular flexibility index (Phi) is 4.21. The van der Waals surface area contributed by atoms with Gasteiger partial charge in [0.25, 0.3) is 0 Å². The Balaban J connectivity index is 2.46. The molecule has 0 radical (unpaired) electrons. The van der Waals surface area contributed by atoms with Gasteiger partial charge in [0.2, 0.25) is 0 Å². The highest BCUT2D eigenvalue weighted by Crippen LogP contribution is 2.25.